The van der Waals surface area contributed by atoms with Gasteiger partial charge in [0.1, 0.15) is 0 Å². The van der Waals surface area contributed by atoms with E-state index in [-0.39, 0.29) is 0 Å². The second-order valence-corrected chi connectivity index (χ2v) is 5.95. The van der Waals surface area contributed by atoms with Gasteiger partial charge in [-0.05, 0) is 44.4 Å². The average molecular weight is 237 g/mol. The van der Waals surface area contributed by atoms with Crippen LogP contribution < -0.4 is 5.32 Å². The van der Waals surface area contributed by atoms with Crippen LogP contribution in [0.5, 0.6) is 0 Å². The van der Waals surface area contributed by atoms with Gasteiger partial charge >= 0.3 is 0 Å². The summed E-state index contributed by atoms with van der Waals surface area (Å²) in [6, 6.07) is 0.712. The molecular formula is C14H27N3. The highest BCUT2D eigenvalue weighted by Crippen LogP contribution is 2.24. The van der Waals surface area contributed by atoms with Gasteiger partial charge < -0.3 is 10.2 Å². The predicted molar refractivity (Wildman–Crippen MR) is 73.3 cm³/mol. The fraction of sp³-hybridized carbons (Fsp3) is 0.929. The maximum Gasteiger partial charge on any atom is 0.194 e. The second kappa shape index (κ2) is 5.74. The highest BCUT2D eigenvalue weighted by atomic mass is 15.3. The van der Waals surface area contributed by atoms with Crippen LogP contribution in [0.4, 0.5) is 0 Å². The van der Waals surface area contributed by atoms with Crippen LogP contribution in [0.3, 0.4) is 0 Å². The van der Waals surface area contributed by atoms with Crippen molar-refractivity contribution in [3.05, 3.63) is 0 Å². The lowest BCUT2D eigenvalue weighted by molar-refractivity contribution is 0.403. The summed E-state index contributed by atoms with van der Waals surface area (Å²) in [6.45, 7) is 10.1. The molecule has 0 aromatic heterocycles. The molecule has 1 saturated carbocycles. The maximum absolute atomic E-state index is 4.63. The lowest BCUT2D eigenvalue weighted by Gasteiger charge is -2.22. The zero-order valence-electron chi connectivity index (χ0n) is 11.6. The first kappa shape index (κ1) is 12.7. The summed E-state index contributed by atoms with van der Waals surface area (Å²) in [4.78, 5) is 7.10. The van der Waals surface area contributed by atoms with Gasteiger partial charge in [-0.25, -0.2) is 0 Å². The Morgan fingerprint density at radius 2 is 2.12 bits per heavy atom. The van der Waals surface area contributed by atoms with E-state index in [1.165, 1.54) is 44.7 Å². The molecule has 17 heavy (non-hydrogen) atoms. The molecule has 0 aromatic rings. The number of nitrogens with one attached hydrogen (secondary N) is 1. The SMILES string of the molecule is CCN=C(NC1CC1)N1CCC(CC(C)C)C1. The molecule has 1 saturated heterocycles. The molecular weight excluding hydrogens is 210 g/mol. The van der Waals surface area contributed by atoms with Crippen molar-refractivity contribution in [1.29, 1.82) is 0 Å². The number of aliphatic imine (C=N–C) groups is 1. The molecule has 0 spiro atoms. The average Bonchev–Trinajstić information content (AvgIpc) is 2.96. The molecule has 0 aromatic carbocycles. The fourth-order valence-electron chi connectivity index (χ4n) is 2.68. The van der Waals surface area contributed by atoms with Gasteiger partial charge in [-0.15, -0.1) is 0 Å². The maximum atomic E-state index is 4.63. The number of guanidine groups is 1. The highest BCUT2D eigenvalue weighted by molar-refractivity contribution is 5.80. The summed E-state index contributed by atoms with van der Waals surface area (Å²) < 4.78 is 0. The molecule has 1 N–H and O–H groups in total. The third kappa shape index (κ3) is 3.90. The van der Waals surface area contributed by atoms with E-state index in [0.717, 1.165) is 18.4 Å². The minimum absolute atomic E-state index is 0.712. The molecule has 3 heteroatoms. The zero-order chi connectivity index (χ0) is 12.3. The minimum atomic E-state index is 0.712. The molecule has 1 heterocycles. The third-order valence-electron chi connectivity index (χ3n) is 3.61. The number of hydrogen-bond donors (Lipinski definition) is 1. The first-order valence-corrected chi connectivity index (χ1v) is 7.25. The lowest BCUT2D eigenvalue weighted by Crippen LogP contribution is -2.41. The van der Waals surface area contributed by atoms with Crippen LogP contribution in [0.25, 0.3) is 0 Å². The molecule has 2 rings (SSSR count). The van der Waals surface area contributed by atoms with Gasteiger partial charge in [0.2, 0.25) is 0 Å². The van der Waals surface area contributed by atoms with Crippen molar-refractivity contribution in [2.75, 3.05) is 19.6 Å². The molecule has 3 nitrogen and oxygen atoms in total. The fourth-order valence-corrected chi connectivity index (χ4v) is 2.68. The Morgan fingerprint density at radius 3 is 2.71 bits per heavy atom. The van der Waals surface area contributed by atoms with Gasteiger partial charge in [0, 0.05) is 25.7 Å². The Kier molecular flexibility index (Phi) is 4.30. The third-order valence-corrected chi connectivity index (χ3v) is 3.61. The zero-order valence-corrected chi connectivity index (χ0v) is 11.6. The second-order valence-electron chi connectivity index (χ2n) is 5.95. The summed E-state index contributed by atoms with van der Waals surface area (Å²) in [6.07, 6.45) is 5.35. The van der Waals surface area contributed by atoms with E-state index < -0.39 is 0 Å². The van der Waals surface area contributed by atoms with Gasteiger partial charge in [-0.3, -0.25) is 4.99 Å². The number of nitrogens with zero attached hydrogens (tertiary/aromatic N) is 2. The van der Waals surface area contributed by atoms with Crippen molar-refractivity contribution in [2.45, 2.75) is 52.5 Å². The largest absolute Gasteiger partial charge is 0.354 e. The number of hydrogen-bond acceptors (Lipinski definition) is 1. The molecule has 1 aliphatic heterocycles. The standard InChI is InChI=1S/C14H27N3/c1-4-15-14(16-13-5-6-13)17-8-7-12(10-17)9-11(2)3/h11-13H,4-10H2,1-3H3,(H,15,16). The van der Waals surface area contributed by atoms with E-state index in [9.17, 15) is 0 Å². The van der Waals surface area contributed by atoms with E-state index in [2.05, 4.69) is 36.0 Å². The highest BCUT2D eigenvalue weighted by Gasteiger charge is 2.29. The van der Waals surface area contributed by atoms with Crippen LogP contribution >= 0.6 is 0 Å². The Hall–Kier alpha value is -0.730. The van der Waals surface area contributed by atoms with Crippen molar-refractivity contribution < 1.29 is 0 Å². The van der Waals surface area contributed by atoms with E-state index in [1.54, 1.807) is 0 Å². The normalized spacial score (nSPS) is 25.8. The van der Waals surface area contributed by atoms with E-state index in [4.69, 9.17) is 0 Å². The summed E-state index contributed by atoms with van der Waals surface area (Å²) in [5.74, 6) is 2.86. The van der Waals surface area contributed by atoms with Crippen molar-refractivity contribution in [3.63, 3.8) is 0 Å². The Labute approximate surface area is 106 Å². The van der Waals surface area contributed by atoms with Crippen LogP contribution in [-0.2, 0) is 0 Å². The van der Waals surface area contributed by atoms with E-state index in [0.29, 0.717) is 6.04 Å². The van der Waals surface area contributed by atoms with Crippen LogP contribution in [0.1, 0.15) is 46.5 Å². The van der Waals surface area contributed by atoms with Crippen molar-refractivity contribution in [1.82, 2.24) is 10.2 Å². The molecule has 0 bridgehead atoms. The molecule has 98 valence electrons. The van der Waals surface area contributed by atoms with Crippen molar-refractivity contribution >= 4 is 5.96 Å². The van der Waals surface area contributed by atoms with Gasteiger partial charge in [0.15, 0.2) is 5.96 Å². The van der Waals surface area contributed by atoms with Gasteiger partial charge in [0.05, 0.1) is 0 Å². The summed E-state index contributed by atoms with van der Waals surface area (Å²) in [7, 11) is 0. The predicted octanol–water partition coefficient (Wildman–Crippen LogP) is 2.48. The van der Waals surface area contributed by atoms with Crippen molar-refractivity contribution in [3.8, 4) is 0 Å². The Balaban J connectivity index is 1.85. The van der Waals surface area contributed by atoms with Crippen molar-refractivity contribution in [2.24, 2.45) is 16.8 Å². The van der Waals surface area contributed by atoms with Crippen LogP contribution in [-0.4, -0.2) is 36.5 Å². The first-order valence-electron chi connectivity index (χ1n) is 7.25. The first-order chi connectivity index (χ1) is 8.19. The molecule has 1 unspecified atom stereocenters. The van der Waals surface area contributed by atoms with Gasteiger partial charge in [-0.1, -0.05) is 13.8 Å². The molecule has 2 aliphatic rings. The topological polar surface area (TPSA) is 27.6 Å². The van der Waals surface area contributed by atoms with Gasteiger partial charge in [-0.2, -0.15) is 0 Å². The smallest absolute Gasteiger partial charge is 0.194 e. The molecule has 1 atom stereocenters. The Morgan fingerprint density at radius 1 is 1.35 bits per heavy atom. The number of rotatable bonds is 4. The van der Waals surface area contributed by atoms with Crippen LogP contribution in [0.2, 0.25) is 0 Å². The van der Waals surface area contributed by atoms with Crippen LogP contribution in [0, 0.1) is 11.8 Å². The van der Waals surface area contributed by atoms with Crippen LogP contribution in [0.15, 0.2) is 4.99 Å². The molecule has 1 aliphatic carbocycles. The van der Waals surface area contributed by atoms with E-state index in [1.807, 2.05) is 0 Å². The summed E-state index contributed by atoms with van der Waals surface area (Å²) in [5, 5.41) is 3.58. The molecule has 0 radical (unpaired) electrons. The quantitative estimate of drug-likeness (QED) is 0.601. The van der Waals surface area contributed by atoms with Gasteiger partial charge in [0.25, 0.3) is 0 Å². The minimum Gasteiger partial charge on any atom is -0.354 e. The Bertz CT molecular complexity index is 269. The summed E-state index contributed by atoms with van der Waals surface area (Å²) in [5.41, 5.74) is 0. The monoisotopic (exact) mass is 237 g/mol. The number of likely N-dealkylation sites (tertiary alicyclic amines) is 1. The molecule has 2 fully saturated rings. The van der Waals surface area contributed by atoms with E-state index >= 15 is 0 Å². The lowest BCUT2D eigenvalue weighted by atomic mass is 9.97. The summed E-state index contributed by atoms with van der Waals surface area (Å²) >= 11 is 0. The molecule has 0 amide bonds.